The maximum Gasteiger partial charge on any atom is 0.262 e. The summed E-state index contributed by atoms with van der Waals surface area (Å²) in [6.45, 7) is 8.31. The molecule has 0 bridgehead atoms. The average Bonchev–Trinajstić information content (AvgIpc) is 2.82. The van der Waals surface area contributed by atoms with Crippen molar-refractivity contribution in [3.63, 3.8) is 0 Å². The van der Waals surface area contributed by atoms with Crippen molar-refractivity contribution in [2.45, 2.75) is 11.8 Å². The first-order chi connectivity index (χ1) is 16.5. The zero-order valence-corrected chi connectivity index (χ0v) is 19.8. The lowest BCUT2D eigenvalue weighted by molar-refractivity contribution is -0.118. The zero-order valence-electron chi connectivity index (χ0n) is 18.2. The average molecular weight is 509 g/mol. The van der Waals surface area contributed by atoms with Gasteiger partial charge in [-0.1, -0.05) is 11.6 Å². The maximum absolute atomic E-state index is 13.1. The molecule has 3 aromatic carbocycles. The molecule has 1 amide bonds. The summed E-state index contributed by atoms with van der Waals surface area (Å²) in [5.41, 5.74) is 1.25. The minimum Gasteiger partial charge on any atom is -0.483 e. The van der Waals surface area contributed by atoms with Crippen LogP contribution >= 0.6 is 11.6 Å². The Bertz CT molecular complexity index is 1510. The van der Waals surface area contributed by atoms with E-state index in [1.165, 1.54) is 54.6 Å². The van der Waals surface area contributed by atoms with E-state index in [0.717, 1.165) is 0 Å². The van der Waals surface area contributed by atoms with Crippen LogP contribution in [0.15, 0.2) is 59.5 Å². The number of nitrogens with zero attached hydrogens (tertiary/aromatic N) is 2. The van der Waals surface area contributed by atoms with Crippen LogP contribution in [0, 0.1) is 24.8 Å². The molecule has 35 heavy (non-hydrogen) atoms. The van der Waals surface area contributed by atoms with Gasteiger partial charge < -0.3 is 10.1 Å². The summed E-state index contributed by atoms with van der Waals surface area (Å²) in [5.74, 6) is -1.03. The number of ether oxygens (including phenoxy) is 1. The number of aryl methyl sites for hydroxylation is 1. The van der Waals surface area contributed by atoms with Crippen LogP contribution in [0.2, 0.25) is 5.02 Å². The number of rotatable bonds is 7. The molecule has 0 saturated heterocycles. The van der Waals surface area contributed by atoms with E-state index in [1.54, 1.807) is 6.92 Å². The molecule has 9 nitrogen and oxygen atoms in total. The van der Waals surface area contributed by atoms with E-state index in [4.69, 9.17) is 28.0 Å². The third kappa shape index (κ3) is 6.22. The third-order valence-corrected chi connectivity index (χ3v) is 5.93. The van der Waals surface area contributed by atoms with Crippen molar-refractivity contribution < 1.29 is 22.7 Å². The Morgan fingerprint density at radius 1 is 1.17 bits per heavy atom. The number of carbonyl (C=O) groups is 2. The fraction of sp³-hybridized carbons (Fsp3) is 0.0833. The van der Waals surface area contributed by atoms with Crippen molar-refractivity contribution in [3.05, 3.63) is 93.3 Å². The molecule has 0 unspecified atom stereocenters. The number of sulfonamides is 1. The molecule has 0 fully saturated rings. The van der Waals surface area contributed by atoms with Crippen molar-refractivity contribution in [2.75, 3.05) is 11.9 Å². The van der Waals surface area contributed by atoms with E-state index < -0.39 is 28.3 Å². The first-order valence-electron chi connectivity index (χ1n) is 9.85. The first-order valence-corrected chi connectivity index (χ1v) is 11.8. The smallest absolute Gasteiger partial charge is 0.262 e. The molecule has 11 heteroatoms. The molecule has 0 saturated carbocycles. The number of hydrogen-bond donors (Lipinski definition) is 2. The Hall–Kier alpha value is -4.22. The molecular weight excluding hydrogens is 492 g/mol. The summed E-state index contributed by atoms with van der Waals surface area (Å²) in [6, 6.07) is 14.2. The number of carbonyl (C=O) groups excluding carboxylic acids is 2. The lowest BCUT2D eigenvalue weighted by atomic mass is 10.00. The highest BCUT2D eigenvalue weighted by Crippen LogP contribution is 2.28. The van der Waals surface area contributed by atoms with Crippen molar-refractivity contribution in [1.29, 1.82) is 5.26 Å². The molecule has 0 aliphatic carbocycles. The monoisotopic (exact) mass is 508 g/mol. The van der Waals surface area contributed by atoms with Gasteiger partial charge in [-0.2, -0.15) is 5.26 Å². The SMILES string of the molecule is [C-]#[N+]c1cc(C#N)cc(C(=O)c2cc(Cl)ccc2OCC(=O)Nc2ccc(S(N)(=O)=O)cc2C)c1. The zero-order chi connectivity index (χ0) is 25.8. The van der Waals surface area contributed by atoms with E-state index in [0.29, 0.717) is 11.3 Å². The van der Waals surface area contributed by atoms with Crippen LogP contribution in [0.3, 0.4) is 0 Å². The fourth-order valence-electron chi connectivity index (χ4n) is 3.12. The summed E-state index contributed by atoms with van der Waals surface area (Å²) in [4.78, 5) is 28.8. The Kier molecular flexibility index (Phi) is 7.52. The predicted octanol–water partition coefficient (Wildman–Crippen LogP) is 3.97. The van der Waals surface area contributed by atoms with Crippen molar-refractivity contribution in [2.24, 2.45) is 5.14 Å². The van der Waals surface area contributed by atoms with Gasteiger partial charge >= 0.3 is 0 Å². The number of nitriles is 1. The van der Waals surface area contributed by atoms with E-state index in [9.17, 15) is 23.3 Å². The van der Waals surface area contributed by atoms with Crippen LogP contribution in [0.25, 0.3) is 4.85 Å². The molecular formula is C24H17ClN4O5S. The van der Waals surface area contributed by atoms with Crippen LogP contribution in [-0.2, 0) is 14.8 Å². The number of primary sulfonamides is 1. The number of ketones is 1. The number of anilines is 1. The van der Waals surface area contributed by atoms with Gasteiger partial charge in [0, 0.05) is 21.8 Å². The van der Waals surface area contributed by atoms with Gasteiger partial charge in [-0.15, -0.1) is 0 Å². The summed E-state index contributed by atoms with van der Waals surface area (Å²) >= 11 is 6.06. The molecule has 0 radical (unpaired) electrons. The molecule has 0 atom stereocenters. The van der Waals surface area contributed by atoms with Gasteiger partial charge in [-0.05, 0) is 67.1 Å². The van der Waals surface area contributed by atoms with Crippen molar-refractivity contribution in [1.82, 2.24) is 0 Å². The number of benzene rings is 3. The third-order valence-electron chi connectivity index (χ3n) is 4.78. The Morgan fingerprint density at radius 2 is 1.91 bits per heavy atom. The summed E-state index contributed by atoms with van der Waals surface area (Å²) < 4.78 is 28.5. The summed E-state index contributed by atoms with van der Waals surface area (Å²) in [7, 11) is -3.88. The normalized spacial score (nSPS) is 10.7. The molecule has 3 aromatic rings. The minimum absolute atomic E-state index is 0.0463. The Morgan fingerprint density at radius 3 is 2.54 bits per heavy atom. The topological polar surface area (TPSA) is 144 Å². The van der Waals surface area contributed by atoms with Crippen LogP contribution in [0.4, 0.5) is 11.4 Å². The van der Waals surface area contributed by atoms with E-state index in [-0.39, 0.29) is 38.0 Å². The predicted molar refractivity (Wildman–Crippen MR) is 129 cm³/mol. The van der Waals surface area contributed by atoms with E-state index in [1.807, 2.05) is 6.07 Å². The fourth-order valence-corrected chi connectivity index (χ4v) is 3.89. The quantitative estimate of drug-likeness (QED) is 0.365. The largest absolute Gasteiger partial charge is 0.483 e. The van der Waals surface area contributed by atoms with Gasteiger partial charge in [0.05, 0.1) is 23.1 Å². The lowest BCUT2D eigenvalue weighted by Gasteiger charge is -2.13. The van der Waals surface area contributed by atoms with Crippen LogP contribution in [0.1, 0.15) is 27.0 Å². The molecule has 0 aliphatic heterocycles. The van der Waals surface area contributed by atoms with Gasteiger partial charge in [-0.25, -0.2) is 18.4 Å². The summed E-state index contributed by atoms with van der Waals surface area (Å²) in [5, 5.41) is 17.1. The Balaban J connectivity index is 1.81. The van der Waals surface area contributed by atoms with Crippen molar-refractivity contribution >= 4 is 44.7 Å². The van der Waals surface area contributed by atoms with Crippen LogP contribution < -0.4 is 15.2 Å². The van der Waals surface area contributed by atoms with E-state index in [2.05, 4.69) is 10.2 Å². The molecule has 0 aromatic heterocycles. The van der Waals surface area contributed by atoms with Gasteiger partial charge in [0.1, 0.15) is 5.75 Å². The highest BCUT2D eigenvalue weighted by Gasteiger charge is 2.18. The van der Waals surface area contributed by atoms with Gasteiger partial charge in [-0.3, -0.25) is 9.59 Å². The minimum atomic E-state index is -3.88. The second-order valence-corrected chi connectivity index (χ2v) is 9.32. The number of amides is 1. The Labute approximate surface area is 206 Å². The first kappa shape index (κ1) is 25.4. The highest BCUT2D eigenvalue weighted by molar-refractivity contribution is 7.89. The maximum atomic E-state index is 13.1. The standard InChI is InChI=1S/C24H17ClN4O5S/c1-14-7-19(35(27,32)33)4-5-21(14)29-23(30)13-34-22-6-3-17(25)11-20(22)24(31)16-8-15(12-26)9-18(10-16)28-2/h3-11H,13H2,1H3,(H,29,30)(H2,27,32,33). The number of hydrogen-bond acceptors (Lipinski definition) is 6. The molecule has 3 N–H and O–H groups in total. The molecule has 0 spiro atoms. The highest BCUT2D eigenvalue weighted by atomic mass is 35.5. The molecule has 3 rings (SSSR count). The van der Waals surface area contributed by atoms with Crippen LogP contribution in [0.5, 0.6) is 5.75 Å². The van der Waals surface area contributed by atoms with Gasteiger partial charge in [0.2, 0.25) is 10.0 Å². The van der Waals surface area contributed by atoms with E-state index >= 15 is 0 Å². The molecule has 0 aliphatic rings. The summed E-state index contributed by atoms with van der Waals surface area (Å²) in [6.07, 6.45) is 0. The number of nitrogens with one attached hydrogen (secondary N) is 1. The second kappa shape index (κ2) is 10.4. The second-order valence-electron chi connectivity index (χ2n) is 7.32. The number of halogens is 1. The lowest BCUT2D eigenvalue weighted by Crippen LogP contribution is -2.21. The molecule has 176 valence electrons. The van der Waals surface area contributed by atoms with Gasteiger partial charge in [0.15, 0.2) is 18.1 Å². The van der Waals surface area contributed by atoms with Crippen molar-refractivity contribution in [3.8, 4) is 11.8 Å². The number of nitrogens with two attached hydrogens (primary N) is 1. The van der Waals surface area contributed by atoms with Gasteiger partial charge in [0.25, 0.3) is 5.91 Å². The molecule has 0 heterocycles. The van der Waals surface area contributed by atoms with Crippen LogP contribution in [-0.4, -0.2) is 26.7 Å².